The number of unbranched alkanes of at least 4 members (excludes halogenated alkanes) is 4. The first kappa shape index (κ1) is 35.5. The number of ether oxygens (including phenoxy) is 7. The molecule has 12 nitrogen and oxygen atoms in total. The van der Waals surface area contributed by atoms with Crippen LogP contribution in [0.4, 0.5) is 14.4 Å². The zero-order valence-corrected chi connectivity index (χ0v) is 24.9. The molecule has 0 aliphatic heterocycles. The Morgan fingerprint density at radius 2 is 1.32 bits per heavy atom. The van der Waals surface area contributed by atoms with E-state index >= 15 is 0 Å². The maximum absolute atomic E-state index is 12.5. The summed E-state index contributed by atoms with van der Waals surface area (Å²) in [5.74, 6) is -0.687. The second-order valence-corrected chi connectivity index (χ2v) is 9.31. The minimum Gasteiger partial charge on any atom is -0.468 e. The highest BCUT2D eigenvalue weighted by Crippen LogP contribution is 2.30. The molecule has 0 spiro atoms. The molecule has 0 aliphatic carbocycles. The number of methoxy groups -OCH3 is 1. The molecule has 1 aromatic rings. The quantitative estimate of drug-likeness (QED) is 0.0919. The number of benzene rings is 1. The normalized spacial score (nSPS) is 12.0. The fourth-order valence-corrected chi connectivity index (χ4v) is 3.35. The van der Waals surface area contributed by atoms with E-state index in [0.717, 1.165) is 32.1 Å². The Balaban J connectivity index is 2.93. The topological polar surface area (TPSA) is 145 Å². The van der Waals surface area contributed by atoms with Crippen LogP contribution in [0.25, 0.3) is 0 Å². The molecule has 1 rings (SSSR count). The summed E-state index contributed by atoms with van der Waals surface area (Å²) in [4.78, 5) is 48.7. The smallest absolute Gasteiger partial charge is 0.468 e. The Morgan fingerprint density at radius 1 is 0.756 bits per heavy atom. The monoisotopic (exact) mass is 583 g/mol. The van der Waals surface area contributed by atoms with E-state index in [2.05, 4.69) is 5.32 Å². The number of rotatable bonds is 19. The van der Waals surface area contributed by atoms with Gasteiger partial charge in [0.15, 0.2) is 11.5 Å². The van der Waals surface area contributed by atoms with Gasteiger partial charge in [0, 0.05) is 6.54 Å². The second-order valence-electron chi connectivity index (χ2n) is 9.31. The van der Waals surface area contributed by atoms with Crippen molar-refractivity contribution < 1.29 is 52.3 Å². The highest BCUT2D eigenvalue weighted by atomic mass is 16.7. The third-order valence-electron chi connectivity index (χ3n) is 5.67. The summed E-state index contributed by atoms with van der Waals surface area (Å²) in [6.45, 7) is 8.40. The van der Waals surface area contributed by atoms with Crippen molar-refractivity contribution >= 4 is 24.4 Å². The predicted octanol–water partition coefficient (Wildman–Crippen LogP) is 5.72. The van der Waals surface area contributed by atoms with Crippen LogP contribution < -0.4 is 14.8 Å². The summed E-state index contributed by atoms with van der Waals surface area (Å²) in [5, 5.41) is 3.03. The molecular weight excluding hydrogens is 538 g/mol. The van der Waals surface area contributed by atoms with Gasteiger partial charge >= 0.3 is 24.4 Å². The molecule has 0 aromatic heterocycles. The van der Waals surface area contributed by atoms with Gasteiger partial charge in [-0.3, -0.25) is 4.79 Å². The van der Waals surface area contributed by atoms with Crippen LogP contribution in [0.1, 0.15) is 78.2 Å². The zero-order valence-electron chi connectivity index (χ0n) is 24.9. The Labute approximate surface area is 242 Å². The van der Waals surface area contributed by atoms with Gasteiger partial charge in [0.25, 0.3) is 0 Å². The van der Waals surface area contributed by atoms with E-state index in [9.17, 15) is 19.2 Å². The van der Waals surface area contributed by atoms with E-state index in [1.807, 2.05) is 20.8 Å². The first-order chi connectivity index (χ1) is 19.7. The van der Waals surface area contributed by atoms with Crippen LogP contribution in [0.15, 0.2) is 18.2 Å². The highest BCUT2D eigenvalue weighted by Gasteiger charge is 2.23. The van der Waals surface area contributed by atoms with Crippen molar-refractivity contribution in [3.63, 3.8) is 0 Å². The lowest BCUT2D eigenvalue weighted by Crippen LogP contribution is -2.43. The average Bonchev–Trinajstić information content (AvgIpc) is 2.94. The van der Waals surface area contributed by atoms with E-state index in [0.29, 0.717) is 18.4 Å². The van der Waals surface area contributed by atoms with E-state index in [-0.39, 0.29) is 44.3 Å². The molecule has 0 bridgehead atoms. The molecule has 41 heavy (non-hydrogen) atoms. The molecule has 2 atom stereocenters. The summed E-state index contributed by atoms with van der Waals surface area (Å²) in [6, 6.07) is 3.66. The van der Waals surface area contributed by atoms with E-state index in [1.54, 1.807) is 13.0 Å². The molecule has 12 heteroatoms. The van der Waals surface area contributed by atoms with E-state index < -0.39 is 36.6 Å². The number of nitrogens with one attached hydrogen (secondary N) is 1. The van der Waals surface area contributed by atoms with Crippen molar-refractivity contribution in [2.24, 2.45) is 0 Å². The molecule has 0 aliphatic rings. The molecule has 1 N–H and O–H groups in total. The Kier molecular flexibility index (Phi) is 18.4. The van der Waals surface area contributed by atoms with Gasteiger partial charge in [-0.05, 0) is 50.3 Å². The lowest BCUT2D eigenvalue weighted by Gasteiger charge is -2.20. The lowest BCUT2D eigenvalue weighted by atomic mass is 10.0. The summed E-state index contributed by atoms with van der Waals surface area (Å²) >= 11 is 0. The van der Waals surface area contributed by atoms with Crippen molar-refractivity contribution in [3.05, 3.63) is 23.8 Å². The molecule has 1 unspecified atom stereocenters. The van der Waals surface area contributed by atoms with Crippen molar-refractivity contribution in [2.75, 3.05) is 33.5 Å². The van der Waals surface area contributed by atoms with E-state index in [4.69, 9.17) is 33.2 Å². The number of hydrogen-bond donors (Lipinski definition) is 1. The highest BCUT2D eigenvalue weighted by molar-refractivity contribution is 5.76. The van der Waals surface area contributed by atoms with Crippen molar-refractivity contribution in [1.29, 1.82) is 0 Å². The standard InChI is InChI=1S/C29H45NO11/c1-6-9-12-17-38-27(32)39-21(4)20-30-23(26(31)35-5)18-22-13-14-24(40-28(33)36-15-10-7-2)25(19-22)41-29(34)37-16-11-8-3/h13-14,19,21,23,30H,6-12,15-18,20H2,1-5H3/t21?,23-/m0/s1. The van der Waals surface area contributed by atoms with Crippen LogP contribution in [0.5, 0.6) is 11.5 Å². The second kappa shape index (κ2) is 21.2. The number of hydrogen-bond acceptors (Lipinski definition) is 12. The molecule has 0 fully saturated rings. The van der Waals surface area contributed by atoms with E-state index in [1.165, 1.54) is 19.2 Å². The molecule has 0 amide bonds. The molecule has 0 radical (unpaired) electrons. The fourth-order valence-electron chi connectivity index (χ4n) is 3.35. The van der Waals surface area contributed by atoms with Crippen molar-refractivity contribution in [1.82, 2.24) is 5.32 Å². The summed E-state index contributed by atoms with van der Waals surface area (Å²) in [6.07, 6.45) is 2.56. The van der Waals surface area contributed by atoms with Crippen LogP contribution in [-0.4, -0.2) is 70.1 Å². The number of esters is 1. The predicted molar refractivity (Wildman–Crippen MR) is 149 cm³/mol. The third kappa shape index (κ3) is 15.7. The number of carbonyl (C=O) groups is 4. The summed E-state index contributed by atoms with van der Waals surface area (Å²) < 4.78 is 35.9. The lowest BCUT2D eigenvalue weighted by molar-refractivity contribution is -0.143. The van der Waals surface area contributed by atoms with Gasteiger partial charge in [-0.1, -0.05) is 52.5 Å². The minimum atomic E-state index is -0.963. The maximum atomic E-state index is 12.5. The SMILES string of the molecule is CCCCCOC(=O)OC(C)CN[C@@H](Cc1ccc(OC(=O)OCCCC)c(OC(=O)OCCCC)c1)C(=O)OC. The Hall–Kier alpha value is -3.54. The van der Waals surface area contributed by atoms with Crippen LogP contribution >= 0.6 is 0 Å². The fraction of sp³-hybridized carbons (Fsp3) is 0.655. The largest absolute Gasteiger partial charge is 0.513 e. The van der Waals surface area contributed by atoms with Gasteiger partial charge in [-0.15, -0.1) is 0 Å². The van der Waals surface area contributed by atoms with Crippen LogP contribution in [0, 0.1) is 0 Å². The van der Waals surface area contributed by atoms with Gasteiger partial charge < -0.3 is 38.5 Å². The van der Waals surface area contributed by atoms with Gasteiger partial charge in [0.05, 0.1) is 26.9 Å². The number of carbonyl (C=O) groups excluding carboxylic acids is 4. The third-order valence-corrected chi connectivity index (χ3v) is 5.67. The minimum absolute atomic E-state index is 0.0512. The first-order valence-corrected chi connectivity index (χ1v) is 14.2. The maximum Gasteiger partial charge on any atom is 0.513 e. The molecule has 0 heterocycles. The Morgan fingerprint density at radius 3 is 1.90 bits per heavy atom. The zero-order chi connectivity index (χ0) is 30.5. The first-order valence-electron chi connectivity index (χ1n) is 14.2. The van der Waals surface area contributed by atoms with Crippen LogP contribution in [0.2, 0.25) is 0 Å². The van der Waals surface area contributed by atoms with Gasteiger partial charge in [0.1, 0.15) is 12.1 Å². The molecule has 232 valence electrons. The van der Waals surface area contributed by atoms with Gasteiger partial charge in [-0.25, -0.2) is 14.4 Å². The molecule has 0 saturated heterocycles. The molecule has 0 saturated carbocycles. The van der Waals surface area contributed by atoms with Gasteiger partial charge in [-0.2, -0.15) is 0 Å². The van der Waals surface area contributed by atoms with Gasteiger partial charge in [0.2, 0.25) is 0 Å². The Bertz CT molecular complexity index is 937. The summed E-state index contributed by atoms with van der Waals surface area (Å²) in [7, 11) is 1.26. The van der Waals surface area contributed by atoms with Crippen LogP contribution in [-0.2, 0) is 34.9 Å². The van der Waals surface area contributed by atoms with Crippen molar-refractivity contribution in [2.45, 2.75) is 91.2 Å². The molecular formula is C29H45NO11. The summed E-state index contributed by atoms with van der Waals surface area (Å²) in [5.41, 5.74) is 0.555. The molecule has 1 aromatic carbocycles. The van der Waals surface area contributed by atoms with Crippen LogP contribution in [0.3, 0.4) is 0 Å². The average molecular weight is 584 g/mol. The van der Waals surface area contributed by atoms with Crippen molar-refractivity contribution in [3.8, 4) is 11.5 Å².